The van der Waals surface area contributed by atoms with Gasteiger partial charge >= 0.3 is 5.97 Å². The Morgan fingerprint density at radius 3 is 2.38 bits per heavy atom. The maximum absolute atomic E-state index is 13.0. The monoisotopic (exact) mass is 292 g/mol. The van der Waals surface area contributed by atoms with Crippen LogP contribution in [-0.2, 0) is 4.74 Å². The fourth-order valence-corrected chi connectivity index (χ4v) is 1.62. The number of hydrogen-bond acceptors (Lipinski definition) is 4. The molecule has 5 nitrogen and oxygen atoms in total. The standard InChI is InChI=1S/C14H10F2N2O3/c1-21-14(20)8-2-3-17-12(6-8)18-13(19)9-4-10(15)7-11(16)5-9/h2-7H,1H3,(H,17,18,19). The van der Waals surface area contributed by atoms with E-state index in [1.807, 2.05) is 0 Å². The zero-order valence-corrected chi connectivity index (χ0v) is 10.9. The Kier molecular flexibility index (Phi) is 4.22. The van der Waals surface area contributed by atoms with Gasteiger partial charge in [0.2, 0.25) is 0 Å². The van der Waals surface area contributed by atoms with Crippen LogP contribution in [0.3, 0.4) is 0 Å². The normalized spacial score (nSPS) is 10.0. The third kappa shape index (κ3) is 3.59. The van der Waals surface area contributed by atoms with E-state index in [0.717, 1.165) is 12.1 Å². The molecule has 1 aromatic carbocycles. The van der Waals surface area contributed by atoms with Crippen LogP contribution in [0, 0.1) is 11.6 Å². The van der Waals surface area contributed by atoms with Crippen molar-refractivity contribution >= 4 is 17.7 Å². The number of nitrogens with zero attached hydrogens (tertiary/aromatic N) is 1. The number of benzene rings is 1. The molecule has 0 unspecified atom stereocenters. The van der Waals surface area contributed by atoms with Crippen molar-refractivity contribution in [2.45, 2.75) is 0 Å². The lowest BCUT2D eigenvalue weighted by molar-refractivity contribution is 0.0600. The highest BCUT2D eigenvalue weighted by Crippen LogP contribution is 2.12. The minimum Gasteiger partial charge on any atom is -0.465 e. The van der Waals surface area contributed by atoms with E-state index >= 15 is 0 Å². The van der Waals surface area contributed by atoms with Gasteiger partial charge in [0.05, 0.1) is 12.7 Å². The predicted octanol–water partition coefficient (Wildman–Crippen LogP) is 2.40. The largest absolute Gasteiger partial charge is 0.465 e. The summed E-state index contributed by atoms with van der Waals surface area (Å²) in [7, 11) is 1.22. The molecule has 1 amide bonds. The van der Waals surface area contributed by atoms with Gasteiger partial charge in [-0.2, -0.15) is 0 Å². The number of carbonyl (C=O) groups is 2. The van der Waals surface area contributed by atoms with E-state index in [0.29, 0.717) is 6.07 Å². The number of carbonyl (C=O) groups excluding carboxylic acids is 2. The molecule has 0 atom stereocenters. The Morgan fingerprint density at radius 1 is 1.10 bits per heavy atom. The van der Waals surface area contributed by atoms with E-state index in [-0.39, 0.29) is 16.9 Å². The van der Waals surface area contributed by atoms with Crippen LogP contribution in [0.2, 0.25) is 0 Å². The number of pyridine rings is 1. The third-order valence-corrected chi connectivity index (χ3v) is 2.55. The van der Waals surface area contributed by atoms with Gasteiger partial charge in [0.25, 0.3) is 5.91 Å². The van der Waals surface area contributed by atoms with Crippen LogP contribution in [0.1, 0.15) is 20.7 Å². The van der Waals surface area contributed by atoms with Gasteiger partial charge in [0.15, 0.2) is 0 Å². The summed E-state index contributed by atoms with van der Waals surface area (Å²) in [6.45, 7) is 0. The summed E-state index contributed by atoms with van der Waals surface area (Å²) < 4.78 is 30.6. The Balaban J connectivity index is 2.21. The molecule has 0 fully saturated rings. The molecule has 0 saturated carbocycles. The van der Waals surface area contributed by atoms with Gasteiger partial charge in [0.1, 0.15) is 17.5 Å². The van der Waals surface area contributed by atoms with E-state index < -0.39 is 23.5 Å². The molecule has 0 aliphatic carbocycles. The van der Waals surface area contributed by atoms with Crippen molar-refractivity contribution in [1.29, 1.82) is 0 Å². The molecule has 2 aromatic rings. The number of amides is 1. The molecule has 0 aliphatic heterocycles. The van der Waals surface area contributed by atoms with Crippen LogP contribution >= 0.6 is 0 Å². The lowest BCUT2D eigenvalue weighted by Crippen LogP contribution is -2.14. The molecule has 0 saturated heterocycles. The van der Waals surface area contributed by atoms with Crippen LogP contribution in [-0.4, -0.2) is 24.0 Å². The average Bonchev–Trinajstić information content (AvgIpc) is 2.45. The number of hydrogen-bond donors (Lipinski definition) is 1. The Labute approximate surface area is 118 Å². The number of rotatable bonds is 3. The first kappa shape index (κ1) is 14.6. The van der Waals surface area contributed by atoms with Gasteiger partial charge < -0.3 is 10.1 Å². The summed E-state index contributed by atoms with van der Waals surface area (Å²) in [5, 5.41) is 2.34. The summed E-state index contributed by atoms with van der Waals surface area (Å²) in [5.74, 6) is -3.01. The molecule has 7 heteroatoms. The van der Waals surface area contributed by atoms with Gasteiger partial charge in [0, 0.05) is 17.8 Å². The van der Waals surface area contributed by atoms with E-state index in [2.05, 4.69) is 15.0 Å². The molecule has 0 bridgehead atoms. The number of nitrogens with one attached hydrogen (secondary N) is 1. The maximum Gasteiger partial charge on any atom is 0.338 e. The van der Waals surface area contributed by atoms with E-state index in [1.54, 1.807) is 0 Å². The first-order chi connectivity index (χ1) is 9.99. The minimum atomic E-state index is -0.864. The molecule has 108 valence electrons. The number of anilines is 1. The van der Waals surface area contributed by atoms with Gasteiger partial charge in [-0.3, -0.25) is 4.79 Å². The molecule has 1 N–H and O–H groups in total. The fourth-order valence-electron chi connectivity index (χ4n) is 1.62. The van der Waals surface area contributed by atoms with Crippen LogP contribution in [0.25, 0.3) is 0 Å². The topological polar surface area (TPSA) is 68.3 Å². The van der Waals surface area contributed by atoms with Crippen molar-refractivity contribution in [3.05, 3.63) is 59.3 Å². The SMILES string of the molecule is COC(=O)c1ccnc(NC(=O)c2cc(F)cc(F)c2)c1. The first-order valence-corrected chi connectivity index (χ1v) is 5.81. The van der Waals surface area contributed by atoms with Crippen molar-refractivity contribution in [3.8, 4) is 0 Å². The predicted molar refractivity (Wildman–Crippen MR) is 69.9 cm³/mol. The van der Waals surface area contributed by atoms with Crippen molar-refractivity contribution in [2.24, 2.45) is 0 Å². The summed E-state index contributed by atoms with van der Waals surface area (Å²) in [4.78, 5) is 27.1. The van der Waals surface area contributed by atoms with Crippen molar-refractivity contribution in [1.82, 2.24) is 4.98 Å². The number of ether oxygens (including phenoxy) is 1. The Bertz CT molecular complexity index is 684. The minimum absolute atomic E-state index is 0.0626. The van der Waals surface area contributed by atoms with E-state index in [1.165, 1.54) is 25.4 Å². The van der Waals surface area contributed by atoms with Crippen LogP contribution in [0.4, 0.5) is 14.6 Å². The van der Waals surface area contributed by atoms with Gasteiger partial charge in [-0.1, -0.05) is 0 Å². The highest BCUT2D eigenvalue weighted by molar-refractivity contribution is 6.04. The van der Waals surface area contributed by atoms with Gasteiger partial charge in [-0.15, -0.1) is 0 Å². The summed E-state index contributed by atoms with van der Waals surface area (Å²) >= 11 is 0. The Morgan fingerprint density at radius 2 is 1.76 bits per heavy atom. The van der Waals surface area contributed by atoms with Crippen molar-refractivity contribution < 1.29 is 23.1 Å². The van der Waals surface area contributed by atoms with E-state index in [4.69, 9.17) is 0 Å². The highest BCUT2D eigenvalue weighted by Gasteiger charge is 2.12. The molecule has 0 aliphatic rings. The van der Waals surface area contributed by atoms with Crippen molar-refractivity contribution in [3.63, 3.8) is 0 Å². The molecule has 21 heavy (non-hydrogen) atoms. The lowest BCUT2D eigenvalue weighted by Gasteiger charge is -2.06. The molecular weight excluding hydrogens is 282 g/mol. The summed E-state index contributed by atoms with van der Waals surface area (Å²) in [6, 6.07) is 5.14. The maximum atomic E-state index is 13.0. The summed E-state index contributed by atoms with van der Waals surface area (Å²) in [6.07, 6.45) is 1.30. The molecule has 0 spiro atoms. The lowest BCUT2D eigenvalue weighted by atomic mass is 10.2. The van der Waals surface area contributed by atoms with Crippen LogP contribution in [0.15, 0.2) is 36.5 Å². The molecule has 0 radical (unpaired) electrons. The third-order valence-electron chi connectivity index (χ3n) is 2.55. The van der Waals surface area contributed by atoms with Gasteiger partial charge in [-0.05, 0) is 24.3 Å². The quantitative estimate of drug-likeness (QED) is 0.882. The highest BCUT2D eigenvalue weighted by atomic mass is 19.1. The average molecular weight is 292 g/mol. The second-order valence-corrected chi connectivity index (χ2v) is 4.03. The van der Waals surface area contributed by atoms with E-state index in [9.17, 15) is 18.4 Å². The number of aromatic nitrogens is 1. The van der Waals surface area contributed by atoms with Crippen LogP contribution < -0.4 is 5.32 Å². The summed E-state index contributed by atoms with van der Waals surface area (Å²) in [5.41, 5.74) is -0.00834. The molecule has 2 rings (SSSR count). The smallest absolute Gasteiger partial charge is 0.338 e. The number of methoxy groups -OCH3 is 1. The molecular formula is C14H10F2N2O3. The Hall–Kier alpha value is -2.83. The zero-order chi connectivity index (χ0) is 15.4. The zero-order valence-electron chi connectivity index (χ0n) is 10.9. The number of halogens is 2. The molecule has 1 aromatic heterocycles. The fraction of sp³-hybridized carbons (Fsp3) is 0.0714. The van der Waals surface area contributed by atoms with Gasteiger partial charge in [-0.25, -0.2) is 18.6 Å². The van der Waals surface area contributed by atoms with Crippen molar-refractivity contribution in [2.75, 3.05) is 12.4 Å². The second kappa shape index (κ2) is 6.08. The van der Waals surface area contributed by atoms with Crippen LogP contribution in [0.5, 0.6) is 0 Å². The first-order valence-electron chi connectivity index (χ1n) is 5.81. The second-order valence-electron chi connectivity index (χ2n) is 4.03. The molecule has 1 heterocycles. The number of esters is 1.